The first-order chi connectivity index (χ1) is 12.2. The largest absolute Gasteiger partial charge is 0.365 e. The molecule has 6 heteroatoms. The fourth-order valence-corrected chi connectivity index (χ4v) is 2.82. The molecule has 0 amide bonds. The molecule has 0 aliphatic rings. The highest BCUT2D eigenvalue weighted by molar-refractivity contribution is 5.90. The molecule has 4 rings (SSSR count). The van der Waals surface area contributed by atoms with Crippen LogP contribution in [0.25, 0.3) is 16.7 Å². The van der Waals surface area contributed by atoms with Crippen LogP contribution in [0.4, 0.5) is 10.2 Å². The maximum atomic E-state index is 13.6. The van der Waals surface area contributed by atoms with E-state index in [1.165, 1.54) is 18.5 Å². The number of hydrogen-bond donors (Lipinski definition) is 1. The summed E-state index contributed by atoms with van der Waals surface area (Å²) >= 11 is 0. The van der Waals surface area contributed by atoms with Crippen LogP contribution in [0.1, 0.15) is 11.3 Å². The van der Waals surface area contributed by atoms with Gasteiger partial charge in [-0.1, -0.05) is 36.4 Å². The van der Waals surface area contributed by atoms with Gasteiger partial charge in [0.1, 0.15) is 18.0 Å². The van der Waals surface area contributed by atoms with Gasteiger partial charge in [0.2, 0.25) is 0 Å². The summed E-state index contributed by atoms with van der Waals surface area (Å²) in [7, 11) is 0. The number of benzene rings is 2. The van der Waals surface area contributed by atoms with Gasteiger partial charge in [0.25, 0.3) is 0 Å². The van der Waals surface area contributed by atoms with Gasteiger partial charge in [0.05, 0.1) is 16.8 Å². The summed E-state index contributed by atoms with van der Waals surface area (Å²) in [6, 6.07) is 16.4. The first-order valence-corrected chi connectivity index (χ1v) is 7.96. The zero-order valence-corrected chi connectivity index (χ0v) is 13.6. The molecule has 0 radical (unpaired) electrons. The lowest BCUT2D eigenvalue weighted by molar-refractivity contribution is 0.625. The van der Waals surface area contributed by atoms with Crippen LogP contribution in [-0.4, -0.2) is 19.7 Å². The number of aryl methyl sites for hydroxylation is 1. The van der Waals surface area contributed by atoms with Crippen LogP contribution in [0.2, 0.25) is 0 Å². The number of fused-ring (bicyclic) bond motifs is 1. The zero-order chi connectivity index (χ0) is 17.2. The highest BCUT2D eigenvalue weighted by Gasteiger charge is 2.15. The molecule has 0 aliphatic carbocycles. The van der Waals surface area contributed by atoms with Gasteiger partial charge in [0.15, 0.2) is 5.65 Å². The predicted molar refractivity (Wildman–Crippen MR) is 95.1 cm³/mol. The van der Waals surface area contributed by atoms with Crippen molar-refractivity contribution in [2.75, 3.05) is 5.32 Å². The summed E-state index contributed by atoms with van der Waals surface area (Å²) in [5.74, 6) is 0.407. The third kappa shape index (κ3) is 2.94. The van der Waals surface area contributed by atoms with Gasteiger partial charge in [-0.05, 0) is 30.7 Å². The van der Waals surface area contributed by atoms with Crippen LogP contribution in [0.3, 0.4) is 0 Å². The van der Waals surface area contributed by atoms with Crippen molar-refractivity contribution in [1.82, 2.24) is 19.7 Å². The maximum absolute atomic E-state index is 13.6. The molecule has 4 aromatic rings. The van der Waals surface area contributed by atoms with Crippen LogP contribution in [0.15, 0.2) is 60.9 Å². The van der Waals surface area contributed by atoms with E-state index in [9.17, 15) is 4.39 Å². The lowest BCUT2D eigenvalue weighted by atomic mass is 10.2. The van der Waals surface area contributed by atoms with E-state index in [0.717, 1.165) is 16.6 Å². The standard InChI is InChI=1S/C19H16FN5/c1-13-17-18(21-11-14-6-3-2-4-7-14)22-12-23-19(17)25(24-13)16-9-5-8-15(20)10-16/h2-10,12H,11H2,1H3,(H,21,22,23). The van der Waals surface area contributed by atoms with Gasteiger partial charge in [-0.15, -0.1) is 0 Å². The quantitative estimate of drug-likeness (QED) is 0.616. The lowest BCUT2D eigenvalue weighted by Crippen LogP contribution is -2.03. The van der Waals surface area contributed by atoms with E-state index < -0.39 is 0 Å². The number of hydrogen-bond acceptors (Lipinski definition) is 4. The molecule has 0 aliphatic heterocycles. The third-order valence-corrected chi connectivity index (χ3v) is 4.00. The molecule has 124 valence electrons. The fourth-order valence-electron chi connectivity index (χ4n) is 2.82. The summed E-state index contributed by atoms with van der Waals surface area (Å²) in [4.78, 5) is 8.71. The van der Waals surface area contributed by atoms with Gasteiger partial charge in [0, 0.05) is 6.54 Å². The van der Waals surface area contributed by atoms with E-state index >= 15 is 0 Å². The molecule has 0 saturated carbocycles. The number of anilines is 1. The Morgan fingerprint density at radius 1 is 1.04 bits per heavy atom. The number of halogens is 1. The van der Waals surface area contributed by atoms with E-state index in [4.69, 9.17) is 0 Å². The monoisotopic (exact) mass is 333 g/mol. The predicted octanol–water partition coefficient (Wildman–Crippen LogP) is 3.88. The molecule has 0 unspecified atom stereocenters. The highest BCUT2D eigenvalue weighted by atomic mass is 19.1. The molecular formula is C19H16FN5. The van der Waals surface area contributed by atoms with E-state index in [1.54, 1.807) is 16.8 Å². The van der Waals surface area contributed by atoms with Crippen molar-refractivity contribution in [3.05, 3.63) is 78.0 Å². The zero-order valence-electron chi connectivity index (χ0n) is 13.6. The summed E-state index contributed by atoms with van der Waals surface area (Å²) in [5.41, 5.74) is 3.22. The summed E-state index contributed by atoms with van der Waals surface area (Å²) in [5, 5.41) is 8.70. The molecule has 1 N–H and O–H groups in total. The lowest BCUT2D eigenvalue weighted by Gasteiger charge is -2.07. The van der Waals surface area contributed by atoms with Crippen molar-refractivity contribution in [2.24, 2.45) is 0 Å². The van der Waals surface area contributed by atoms with E-state index in [1.807, 2.05) is 25.1 Å². The van der Waals surface area contributed by atoms with E-state index in [0.29, 0.717) is 23.7 Å². The molecule has 0 atom stereocenters. The second kappa shape index (κ2) is 6.32. The molecule has 0 bridgehead atoms. The maximum Gasteiger partial charge on any atom is 0.168 e. The van der Waals surface area contributed by atoms with E-state index in [2.05, 4.69) is 32.5 Å². The summed E-state index contributed by atoms with van der Waals surface area (Å²) < 4.78 is 15.2. The van der Waals surface area contributed by atoms with Crippen LogP contribution in [-0.2, 0) is 6.54 Å². The van der Waals surface area contributed by atoms with Crippen LogP contribution in [0.5, 0.6) is 0 Å². The minimum atomic E-state index is -0.310. The molecule has 2 aromatic carbocycles. The highest BCUT2D eigenvalue weighted by Crippen LogP contribution is 2.25. The molecular weight excluding hydrogens is 317 g/mol. The molecule has 5 nitrogen and oxygen atoms in total. The van der Waals surface area contributed by atoms with Gasteiger partial charge in [-0.2, -0.15) is 5.10 Å². The topological polar surface area (TPSA) is 55.6 Å². The minimum Gasteiger partial charge on any atom is -0.365 e. The number of nitrogens with one attached hydrogen (secondary N) is 1. The average molecular weight is 333 g/mol. The second-order valence-electron chi connectivity index (χ2n) is 5.74. The minimum absolute atomic E-state index is 0.310. The van der Waals surface area contributed by atoms with Gasteiger partial charge >= 0.3 is 0 Å². The smallest absolute Gasteiger partial charge is 0.168 e. The van der Waals surface area contributed by atoms with Crippen molar-refractivity contribution < 1.29 is 4.39 Å². The third-order valence-electron chi connectivity index (χ3n) is 4.00. The Balaban J connectivity index is 1.75. The van der Waals surface area contributed by atoms with Gasteiger partial charge in [-0.3, -0.25) is 0 Å². The van der Waals surface area contributed by atoms with Crippen molar-refractivity contribution in [3.63, 3.8) is 0 Å². The van der Waals surface area contributed by atoms with Crippen molar-refractivity contribution in [3.8, 4) is 5.69 Å². The summed E-state index contributed by atoms with van der Waals surface area (Å²) in [6.07, 6.45) is 1.49. The van der Waals surface area contributed by atoms with Gasteiger partial charge in [-0.25, -0.2) is 19.0 Å². The molecule has 25 heavy (non-hydrogen) atoms. The fraction of sp³-hybridized carbons (Fsp3) is 0.105. The van der Waals surface area contributed by atoms with Crippen LogP contribution >= 0.6 is 0 Å². The first-order valence-electron chi connectivity index (χ1n) is 7.96. The molecule has 0 saturated heterocycles. The number of aromatic nitrogens is 4. The van der Waals surface area contributed by atoms with E-state index in [-0.39, 0.29) is 5.82 Å². The van der Waals surface area contributed by atoms with Crippen molar-refractivity contribution >= 4 is 16.9 Å². The second-order valence-corrected chi connectivity index (χ2v) is 5.74. The molecule has 0 fully saturated rings. The average Bonchev–Trinajstić information content (AvgIpc) is 2.98. The summed E-state index contributed by atoms with van der Waals surface area (Å²) in [6.45, 7) is 2.55. The number of nitrogens with zero attached hydrogens (tertiary/aromatic N) is 4. The SMILES string of the molecule is Cc1nn(-c2cccc(F)c2)c2ncnc(NCc3ccccc3)c12. The normalized spacial score (nSPS) is 11.0. The van der Waals surface area contributed by atoms with Crippen LogP contribution in [0, 0.1) is 12.7 Å². The number of rotatable bonds is 4. The van der Waals surface area contributed by atoms with Crippen molar-refractivity contribution in [1.29, 1.82) is 0 Å². The first kappa shape index (κ1) is 15.3. The Morgan fingerprint density at radius 2 is 1.88 bits per heavy atom. The molecule has 2 aromatic heterocycles. The molecule has 0 spiro atoms. The molecule has 2 heterocycles. The Kier molecular flexibility index (Phi) is 3.85. The Labute approximate surface area is 144 Å². The Morgan fingerprint density at radius 3 is 2.68 bits per heavy atom. The van der Waals surface area contributed by atoms with Crippen molar-refractivity contribution in [2.45, 2.75) is 13.5 Å². The van der Waals surface area contributed by atoms with Gasteiger partial charge < -0.3 is 5.32 Å². The van der Waals surface area contributed by atoms with Crippen LogP contribution < -0.4 is 5.32 Å². The Bertz CT molecular complexity index is 1030. The Hall–Kier alpha value is -3.28.